The fourth-order valence-electron chi connectivity index (χ4n) is 3.66. The van der Waals surface area contributed by atoms with Crippen molar-refractivity contribution in [2.45, 2.75) is 33.1 Å². The molecule has 2 aliphatic rings. The Bertz CT molecular complexity index is 688. The Kier molecular flexibility index (Phi) is 7.08. The Morgan fingerprint density at radius 1 is 1.21 bits per heavy atom. The number of hydrogen-bond acceptors (Lipinski definition) is 6. The summed E-state index contributed by atoms with van der Waals surface area (Å²) in [7, 11) is 0. The van der Waals surface area contributed by atoms with Crippen LogP contribution in [-0.4, -0.2) is 79.2 Å². The van der Waals surface area contributed by atoms with Crippen molar-refractivity contribution in [3.8, 4) is 0 Å². The summed E-state index contributed by atoms with van der Waals surface area (Å²) >= 11 is 0. The first-order valence-corrected chi connectivity index (χ1v) is 10.3. The van der Waals surface area contributed by atoms with Gasteiger partial charge < -0.3 is 15.0 Å². The number of pyridine rings is 1. The third kappa shape index (κ3) is 4.92. The molecule has 1 aromatic rings. The third-order valence-electron chi connectivity index (χ3n) is 5.13. The van der Waals surface area contributed by atoms with E-state index >= 15 is 0 Å². The molecule has 28 heavy (non-hydrogen) atoms. The van der Waals surface area contributed by atoms with Crippen LogP contribution in [0.2, 0.25) is 0 Å². The van der Waals surface area contributed by atoms with Crippen molar-refractivity contribution in [1.29, 1.82) is 0 Å². The van der Waals surface area contributed by atoms with Crippen molar-refractivity contribution in [3.05, 3.63) is 17.7 Å². The smallest absolute Gasteiger partial charge is 0.325 e. The quantitative estimate of drug-likeness (QED) is 0.750. The van der Waals surface area contributed by atoms with Crippen LogP contribution in [0.3, 0.4) is 0 Å². The van der Waals surface area contributed by atoms with Crippen LogP contribution in [0.1, 0.15) is 32.3 Å². The molecule has 3 heterocycles. The monoisotopic (exact) mass is 389 g/mol. The first kappa shape index (κ1) is 20.4. The van der Waals surface area contributed by atoms with Crippen molar-refractivity contribution >= 4 is 23.6 Å². The van der Waals surface area contributed by atoms with E-state index in [1.165, 1.54) is 5.56 Å². The van der Waals surface area contributed by atoms with E-state index in [1.54, 1.807) is 11.8 Å². The Hall–Kier alpha value is -2.35. The first-order chi connectivity index (χ1) is 13.6. The first-order valence-electron chi connectivity index (χ1n) is 10.3. The number of aromatic nitrogens is 1. The molecule has 0 unspecified atom stereocenters. The molecule has 0 atom stereocenters. The molecule has 3 rings (SSSR count). The van der Waals surface area contributed by atoms with Crippen molar-refractivity contribution < 1.29 is 14.3 Å². The van der Waals surface area contributed by atoms with Gasteiger partial charge in [-0.1, -0.05) is 13.0 Å². The average molecular weight is 390 g/mol. The van der Waals surface area contributed by atoms with Crippen LogP contribution in [0, 0.1) is 0 Å². The van der Waals surface area contributed by atoms with Crippen molar-refractivity contribution in [3.63, 3.8) is 0 Å². The Morgan fingerprint density at radius 3 is 2.71 bits per heavy atom. The van der Waals surface area contributed by atoms with Gasteiger partial charge >= 0.3 is 12.0 Å². The summed E-state index contributed by atoms with van der Waals surface area (Å²) in [6, 6.07) is 4.02. The number of urea groups is 1. The number of hydrogen-bond donors (Lipinski definition) is 1. The maximum atomic E-state index is 13.2. The number of aryl methyl sites for hydroxylation is 1. The van der Waals surface area contributed by atoms with Crippen molar-refractivity contribution in [2.24, 2.45) is 0 Å². The lowest BCUT2D eigenvalue weighted by Crippen LogP contribution is -2.54. The summed E-state index contributed by atoms with van der Waals surface area (Å²) in [4.78, 5) is 35.2. The summed E-state index contributed by atoms with van der Waals surface area (Å²) < 4.78 is 5.01. The van der Waals surface area contributed by atoms with Gasteiger partial charge in [-0.2, -0.15) is 0 Å². The third-order valence-corrected chi connectivity index (χ3v) is 5.13. The molecule has 0 saturated carbocycles. The molecule has 1 fully saturated rings. The van der Waals surface area contributed by atoms with E-state index in [-0.39, 0.29) is 18.5 Å². The van der Waals surface area contributed by atoms with E-state index in [9.17, 15) is 9.59 Å². The van der Waals surface area contributed by atoms with E-state index in [0.29, 0.717) is 45.1 Å². The summed E-state index contributed by atoms with van der Waals surface area (Å²) in [5.74, 6) is 1.39. The van der Waals surface area contributed by atoms with E-state index in [2.05, 4.69) is 18.3 Å². The number of nitrogens with zero attached hydrogens (tertiary/aromatic N) is 4. The molecule has 0 spiro atoms. The molecule has 1 aromatic heterocycles. The van der Waals surface area contributed by atoms with Gasteiger partial charge in [0.1, 0.15) is 11.6 Å². The molecule has 0 bridgehead atoms. The lowest BCUT2D eigenvalue weighted by Gasteiger charge is -2.37. The maximum Gasteiger partial charge on any atom is 0.325 e. The fourth-order valence-corrected chi connectivity index (χ4v) is 3.66. The van der Waals surface area contributed by atoms with E-state index in [0.717, 1.165) is 31.6 Å². The van der Waals surface area contributed by atoms with Gasteiger partial charge in [0.05, 0.1) is 13.2 Å². The van der Waals surface area contributed by atoms with E-state index < -0.39 is 0 Å². The SMILES string of the molecule is CCCN(C(=O)N1CCN(CC(=O)OCC)CC1)c1ccc2c(n1)NCCC2. The van der Waals surface area contributed by atoms with Crippen LogP contribution >= 0.6 is 0 Å². The number of carbonyl (C=O) groups excluding carboxylic acids is 2. The molecule has 1 saturated heterocycles. The summed E-state index contributed by atoms with van der Waals surface area (Å²) in [5, 5.41) is 3.34. The Balaban J connectivity index is 1.63. The lowest BCUT2D eigenvalue weighted by atomic mass is 10.1. The van der Waals surface area contributed by atoms with Crippen LogP contribution in [0.4, 0.5) is 16.4 Å². The van der Waals surface area contributed by atoms with E-state index in [1.807, 2.05) is 15.9 Å². The maximum absolute atomic E-state index is 13.2. The second-order valence-electron chi connectivity index (χ2n) is 7.21. The minimum Gasteiger partial charge on any atom is -0.465 e. The highest BCUT2D eigenvalue weighted by Crippen LogP contribution is 2.24. The van der Waals surface area contributed by atoms with Gasteiger partial charge in [0.25, 0.3) is 0 Å². The minimum atomic E-state index is -0.208. The average Bonchev–Trinajstić information content (AvgIpc) is 2.72. The number of fused-ring (bicyclic) bond motifs is 1. The summed E-state index contributed by atoms with van der Waals surface area (Å²) in [6.07, 6.45) is 3.00. The second-order valence-corrected chi connectivity index (χ2v) is 7.21. The number of amides is 2. The number of carbonyl (C=O) groups is 2. The number of ether oxygens (including phenoxy) is 1. The molecule has 2 amide bonds. The number of anilines is 2. The van der Waals surface area contributed by atoms with Crippen LogP contribution in [0.5, 0.6) is 0 Å². The molecule has 0 aromatic carbocycles. The highest BCUT2D eigenvalue weighted by Gasteiger charge is 2.28. The van der Waals surface area contributed by atoms with Gasteiger partial charge in [-0.25, -0.2) is 9.78 Å². The Labute approximate surface area is 166 Å². The molecular weight excluding hydrogens is 358 g/mol. The predicted octanol–water partition coefficient (Wildman–Crippen LogP) is 1.96. The number of esters is 1. The second kappa shape index (κ2) is 9.73. The van der Waals surface area contributed by atoms with Gasteiger partial charge in [0.15, 0.2) is 0 Å². The number of rotatable bonds is 6. The van der Waals surface area contributed by atoms with Crippen LogP contribution in [0.25, 0.3) is 0 Å². The summed E-state index contributed by atoms with van der Waals surface area (Å²) in [5.41, 5.74) is 1.21. The van der Waals surface area contributed by atoms with Crippen LogP contribution < -0.4 is 10.2 Å². The zero-order valence-corrected chi connectivity index (χ0v) is 16.9. The van der Waals surface area contributed by atoms with Gasteiger partial charge in [0, 0.05) is 39.3 Å². The van der Waals surface area contributed by atoms with Crippen molar-refractivity contribution in [2.75, 3.05) is 62.6 Å². The highest BCUT2D eigenvalue weighted by atomic mass is 16.5. The van der Waals surface area contributed by atoms with Gasteiger partial charge in [-0.3, -0.25) is 14.6 Å². The predicted molar refractivity (Wildman–Crippen MR) is 109 cm³/mol. The highest BCUT2D eigenvalue weighted by molar-refractivity contribution is 5.91. The Morgan fingerprint density at radius 2 is 2.00 bits per heavy atom. The molecule has 0 aliphatic carbocycles. The minimum absolute atomic E-state index is 0.0131. The zero-order valence-electron chi connectivity index (χ0n) is 16.9. The molecule has 8 nitrogen and oxygen atoms in total. The number of piperazine rings is 1. The molecule has 0 radical (unpaired) electrons. The molecule has 154 valence electrons. The number of nitrogens with one attached hydrogen (secondary N) is 1. The van der Waals surface area contributed by atoms with Gasteiger partial charge in [-0.15, -0.1) is 0 Å². The largest absolute Gasteiger partial charge is 0.465 e. The van der Waals surface area contributed by atoms with Crippen LogP contribution in [-0.2, 0) is 16.0 Å². The van der Waals surface area contributed by atoms with E-state index in [4.69, 9.17) is 9.72 Å². The van der Waals surface area contributed by atoms with Gasteiger partial charge in [0.2, 0.25) is 0 Å². The van der Waals surface area contributed by atoms with Crippen molar-refractivity contribution in [1.82, 2.24) is 14.8 Å². The summed E-state index contributed by atoms with van der Waals surface area (Å²) in [6.45, 7) is 8.64. The zero-order chi connectivity index (χ0) is 19.9. The molecule has 2 aliphatic heterocycles. The molecular formula is C20H31N5O3. The normalized spacial score (nSPS) is 16.9. The lowest BCUT2D eigenvalue weighted by molar-refractivity contribution is -0.144. The fraction of sp³-hybridized carbons (Fsp3) is 0.650. The van der Waals surface area contributed by atoms with Crippen LogP contribution in [0.15, 0.2) is 12.1 Å². The van der Waals surface area contributed by atoms with Gasteiger partial charge in [-0.05, 0) is 37.8 Å². The standard InChI is InChI=1S/C20H31N5O3/c1-3-10-25(17-8-7-16-6-5-9-21-19(16)22-17)20(27)24-13-11-23(12-14-24)15-18(26)28-4-2/h7-8H,3-6,9-15H2,1-2H3,(H,21,22). The topological polar surface area (TPSA) is 78.0 Å². The molecule has 8 heteroatoms. The molecule has 1 N–H and O–H groups in total.